The van der Waals surface area contributed by atoms with Gasteiger partial charge >= 0.3 is 0 Å². The third-order valence-corrected chi connectivity index (χ3v) is 2.66. The number of para-hydroxylation sites is 2. The molecule has 0 fully saturated rings. The van der Waals surface area contributed by atoms with Crippen LogP contribution in [0.25, 0.3) is 0 Å². The van der Waals surface area contributed by atoms with Gasteiger partial charge in [0.1, 0.15) is 0 Å². The van der Waals surface area contributed by atoms with Gasteiger partial charge in [-0.2, -0.15) is 0 Å². The van der Waals surface area contributed by atoms with Crippen molar-refractivity contribution >= 4 is 0 Å². The Morgan fingerprint density at radius 3 is 2.20 bits per heavy atom. The molecule has 0 aliphatic rings. The number of rotatable bonds is 8. The van der Waals surface area contributed by atoms with Crippen molar-refractivity contribution in [2.45, 2.75) is 46.6 Å². The molecule has 0 radical (unpaired) electrons. The summed E-state index contributed by atoms with van der Waals surface area (Å²) < 4.78 is 11.6. The third kappa shape index (κ3) is 7.39. The Kier molecular flexibility index (Phi) is 6.86. The van der Waals surface area contributed by atoms with E-state index < -0.39 is 0 Å². The molecule has 1 aromatic carbocycles. The second kappa shape index (κ2) is 8.15. The van der Waals surface area contributed by atoms with E-state index in [9.17, 15) is 0 Å². The number of hydrogen-bond donors (Lipinski definition) is 1. The van der Waals surface area contributed by atoms with Crippen LogP contribution in [0.5, 0.6) is 11.5 Å². The van der Waals surface area contributed by atoms with Crippen LogP contribution in [0.1, 0.15) is 41.0 Å². The molecule has 1 N–H and O–H groups in total. The Hall–Kier alpha value is -1.22. The molecule has 0 saturated heterocycles. The summed E-state index contributed by atoms with van der Waals surface area (Å²) in [5, 5.41) is 3.45. The van der Waals surface area contributed by atoms with E-state index >= 15 is 0 Å². The zero-order valence-corrected chi connectivity index (χ0v) is 13.5. The van der Waals surface area contributed by atoms with Gasteiger partial charge in [-0.05, 0) is 51.8 Å². The number of ether oxygens (including phenoxy) is 2. The molecule has 1 aromatic rings. The Balaban J connectivity index is 2.36. The van der Waals surface area contributed by atoms with Crippen LogP contribution in [0.3, 0.4) is 0 Å². The van der Waals surface area contributed by atoms with E-state index in [0.29, 0.717) is 19.1 Å². The molecule has 3 nitrogen and oxygen atoms in total. The zero-order valence-electron chi connectivity index (χ0n) is 13.5. The fourth-order valence-corrected chi connectivity index (χ4v) is 1.66. The van der Waals surface area contributed by atoms with Crippen LogP contribution < -0.4 is 14.8 Å². The molecule has 0 spiro atoms. The van der Waals surface area contributed by atoms with Crippen LogP contribution in [0.15, 0.2) is 24.3 Å². The van der Waals surface area contributed by atoms with Gasteiger partial charge in [0, 0.05) is 5.54 Å². The molecule has 114 valence electrons. The van der Waals surface area contributed by atoms with Crippen molar-refractivity contribution in [2.75, 3.05) is 19.8 Å². The Bertz CT molecular complexity index is 383. The standard InChI is InChI=1S/C17H29NO2/c1-14(2)13-20-16-10-7-6-9-15(16)19-12-8-11-18-17(3,4)5/h6-7,9-10,14,18H,8,11-13H2,1-5H3. The molecule has 1 rings (SSSR count). The van der Waals surface area contributed by atoms with Crippen LogP contribution in [-0.4, -0.2) is 25.3 Å². The van der Waals surface area contributed by atoms with Gasteiger partial charge in [-0.25, -0.2) is 0 Å². The van der Waals surface area contributed by atoms with E-state index in [2.05, 4.69) is 39.9 Å². The first-order valence-corrected chi connectivity index (χ1v) is 7.48. The highest BCUT2D eigenvalue weighted by atomic mass is 16.5. The molecular formula is C17H29NO2. The van der Waals surface area contributed by atoms with Crippen LogP contribution >= 0.6 is 0 Å². The predicted octanol–water partition coefficient (Wildman–Crippen LogP) is 3.88. The van der Waals surface area contributed by atoms with Crippen LogP contribution in [0.4, 0.5) is 0 Å². The maximum Gasteiger partial charge on any atom is 0.161 e. The quantitative estimate of drug-likeness (QED) is 0.733. The fraction of sp³-hybridized carbons (Fsp3) is 0.647. The summed E-state index contributed by atoms with van der Waals surface area (Å²) in [6, 6.07) is 7.88. The zero-order chi connectivity index (χ0) is 15.0. The minimum absolute atomic E-state index is 0.165. The van der Waals surface area contributed by atoms with E-state index in [-0.39, 0.29) is 5.54 Å². The summed E-state index contributed by atoms with van der Waals surface area (Å²) in [7, 11) is 0. The largest absolute Gasteiger partial charge is 0.490 e. The van der Waals surface area contributed by atoms with Gasteiger partial charge in [0.05, 0.1) is 13.2 Å². The molecule has 0 unspecified atom stereocenters. The van der Waals surface area contributed by atoms with Crippen molar-refractivity contribution < 1.29 is 9.47 Å². The Labute approximate surface area is 123 Å². The highest BCUT2D eigenvalue weighted by molar-refractivity contribution is 5.39. The van der Waals surface area contributed by atoms with Crippen molar-refractivity contribution in [1.29, 1.82) is 0 Å². The fourth-order valence-electron chi connectivity index (χ4n) is 1.66. The normalized spacial score (nSPS) is 11.7. The van der Waals surface area contributed by atoms with Crippen molar-refractivity contribution in [1.82, 2.24) is 5.32 Å². The average Bonchev–Trinajstić information content (AvgIpc) is 2.35. The van der Waals surface area contributed by atoms with Crippen LogP contribution in [-0.2, 0) is 0 Å². The summed E-state index contributed by atoms with van der Waals surface area (Å²) >= 11 is 0. The first kappa shape index (κ1) is 16.8. The van der Waals surface area contributed by atoms with E-state index in [0.717, 1.165) is 24.5 Å². The van der Waals surface area contributed by atoms with Gasteiger partial charge in [0.2, 0.25) is 0 Å². The lowest BCUT2D eigenvalue weighted by atomic mass is 10.1. The lowest BCUT2D eigenvalue weighted by Crippen LogP contribution is -2.36. The van der Waals surface area contributed by atoms with Crippen molar-refractivity contribution in [2.24, 2.45) is 5.92 Å². The van der Waals surface area contributed by atoms with E-state index in [4.69, 9.17) is 9.47 Å². The second-order valence-corrected chi connectivity index (χ2v) is 6.53. The Morgan fingerprint density at radius 2 is 1.65 bits per heavy atom. The summed E-state index contributed by atoms with van der Waals surface area (Å²) in [5.74, 6) is 2.19. The van der Waals surface area contributed by atoms with Crippen molar-refractivity contribution in [3.05, 3.63) is 24.3 Å². The van der Waals surface area contributed by atoms with Gasteiger partial charge in [0.15, 0.2) is 11.5 Å². The number of hydrogen-bond acceptors (Lipinski definition) is 3. The van der Waals surface area contributed by atoms with E-state index in [1.807, 2.05) is 24.3 Å². The maximum atomic E-state index is 5.82. The van der Waals surface area contributed by atoms with Crippen LogP contribution in [0, 0.1) is 5.92 Å². The van der Waals surface area contributed by atoms with E-state index in [1.165, 1.54) is 0 Å². The smallest absolute Gasteiger partial charge is 0.161 e. The van der Waals surface area contributed by atoms with Crippen molar-refractivity contribution in [3.8, 4) is 11.5 Å². The van der Waals surface area contributed by atoms with Crippen LogP contribution in [0.2, 0.25) is 0 Å². The molecule has 0 heterocycles. The van der Waals surface area contributed by atoms with Gasteiger partial charge < -0.3 is 14.8 Å². The second-order valence-electron chi connectivity index (χ2n) is 6.53. The molecular weight excluding hydrogens is 250 g/mol. The summed E-state index contributed by atoms with van der Waals surface area (Å²) in [6.45, 7) is 13.2. The predicted molar refractivity (Wildman–Crippen MR) is 84.6 cm³/mol. The van der Waals surface area contributed by atoms with Gasteiger partial charge in [-0.3, -0.25) is 0 Å². The topological polar surface area (TPSA) is 30.5 Å². The highest BCUT2D eigenvalue weighted by Crippen LogP contribution is 2.26. The molecule has 0 aliphatic carbocycles. The summed E-state index contributed by atoms with van der Waals surface area (Å²) in [5.41, 5.74) is 0.165. The first-order valence-electron chi connectivity index (χ1n) is 7.48. The first-order chi connectivity index (χ1) is 9.38. The molecule has 20 heavy (non-hydrogen) atoms. The molecule has 0 saturated carbocycles. The van der Waals surface area contributed by atoms with Gasteiger partial charge in [0.25, 0.3) is 0 Å². The molecule has 0 aliphatic heterocycles. The monoisotopic (exact) mass is 279 g/mol. The summed E-state index contributed by atoms with van der Waals surface area (Å²) in [4.78, 5) is 0. The summed E-state index contributed by atoms with van der Waals surface area (Å²) in [6.07, 6.45) is 0.982. The lowest BCUT2D eigenvalue weighted by molar-refractivity contribution is 0.240. The highest BCUT2D eigenvalue weighted by Gasteiger charge is 2.08. The number of benzene rings is 1. The average molecular weight is 279 g/mol. The molecule has 0 bridgehead atoms. The lowest BCUT2D eigenvalue weighted by Gasteiger charge is -2.20. The molecule has 0 aromatic heterocycles. The van der Waals surface area contributed by atoms with E-state index in [1.54, 1.807) is 0 Å². The van der Waals surface area contributed by atoms with Gasteiger partial charge in [-0.1, -0.05) is 26.0 Å². The van der Waals surface area contributed by atoms with Crippen molar-refractivity contribution in [3.63, 3.8) is 0 Å². The minimum Gasteiger partial charge on any atom is -0.490 e. The molecule has 0 atom stereocenters. The molecule has 0 amide bonds. The number of nitrogens with one attached hydrogen (secondary N) is 1. The maximum absolute atomic E-state index is 5.82. The minimum atomic E-state index is 0.165. The Morgan fingerprint density at radius 1 is 1.05 bits per heavy atom. The third-order valence-electron chi connectivity index (χ3n) is 2.66. The van der Waals surface area contributed by atoms with Gasteiger partial charge in [-0.15, -0.1) is 0 Å². The molecule has 3 heteroatoms. The SMILES string of the molecule is CC(C)COc1ccccc1OCCCNC(C)(C)C.